The number of ether oxygens (including phenoxy) is 2. The Labute approximate surface area is 182 Å². The van der Waals surface area contributed by atoms with E-state index in [9.17, 15) is 14.0 Å². The Bertz CT molecular complexity index is 932. The summed E-state index contributed by atoms with van der Waals surface area (Å²) in [6.07, 6.45) is 0. The lowest BCUT2D eigenvalue weighted by atomic mass is 10.1. The highest BCUT2D eigenvalue weighted by Gasteiger charge is 2.32. The highest BCUT2D eigenvalue weighted by atomic mass is 19.1. The maximum absolute atomic E-state index is 13.2. The monoisotopic (exact) mass is 428 g/mol. The Balaban J connectivity index is 1.61. The number of rotatable bonds is 6. The Morgan fingerprint density at radius 1 is 1.06 bits per heavy atom. The van der Waals surface area contributed by atoms with Crippen molar-refractivity contribution in [2.45, 2.75) is 39.4 Å². The lowest BCUT2D eigenvalue weighted by Crippen LogP contribution is -2.58. The smallest absolute Gasteiger partial charge is 0.341 e. The summed E-state index contributed by atoms with van der Waals surface area (Å²) in [5.74, 6) is -0.536. The Morgan fingerprint density at radius 2 is 1.77 bits per heavy atom. The van der Waals surface area contributed by atoms with Crippen molar-refractivity contribution < 1.29 is 23.5 Å². The number of benzene rings is 2. The fourth-order valence-electron chi connectivity index (χ4n) is 3.85. The zero-order valence-corrected chi connectivity index (χ0v) is 18.4. The van der Waals surface area contributed by atoms with Gasteiger partial charge in [0.25, 0.3) is 5.91 Å². The molecule has 2 aromatic carbocycles. The van der Waals surface area contributed by atoms with E-state index < -0.39 is 5.97 Å². The maximum Gasteiger partial charge on any atom is 0.341 e. The second-order valence-corrected chi connectivity index (χ2v) is 8.08. The first-order valence-corrected chi connectivity index (χ1v) is 10.4. The van der Waals surface area contributed by atoms with Crippen LogP contribution in [0.3, 0.4) is 0 Å². The number of carbonyl (C=O) groups is 2. The lowest BCUT2D eigenvalue weighted by molar-refractivity contribution is -0.139. The molecule has 0 aliphatic carbocycles. The van der Waals surface area contributed by atoms with Gasteiger partial charge in [-0.25, -0.2) is 9.18 Å². The van der Waals surface area contributed by atoms with Gasteiger partial charge in [-0.3, -0.25) is 9.69 Å². The van der Waals surface area contributed by atoms with Crippen molar-refractivity contribution in [2.24, 2.45) is 0 Å². The molecule has 2 atom stereocenters. The molecule has 0 saturated carbocycles. The summed E-state index contributed by atoms with van der Waals surface area (Å²) in [7, 11) is 1.31. The summed E-state index contributed by atoms with van der Waals surface area (Å²) in [5, 5.41) is 0. The molecule has 1 fully saturated rings. The van der Waals surface area contributed by atoms with Crippen molar-refractivity contribution in [3.63, 3.8) is 0 Å². The molecule has 1 aliphatic heterocycles. The highest BCUT2D eigenvalue weighted by molar-refractivity contribution is 5.92. The van der Waals surface area contributed by atoms with Gasteiger partial charge in [0.15, 0.2) is 6.61 Å². The summed E-state index contributed by atoms with van der Waals surface area (Å²) in [6.45, 7) is 7.79. The van der Waals surface area contributed by atoms with Crippen LogP contribution in [0.5, 0.6) is 5.75 Å². The van der Waals surface area contributed by atoms with Gasteiger partial charge in [-0.15, -0.1) is 0 Å². The molecular weight excluding hydrogens is 399 g/mol. The number of aryl methyl sites for hydroxylation is 1. The van der Waals surface area contributed by atoms with Gasteiger partial charge in [0.05, 0.1) is 7.11 Å². The SMILES string of the molecule is COC(=O)c1cc(C)ccc1OCC(=O)N1CC(C)N(Cc2ccc(F)cc2)CC1C. The Morgan fingerprint density at radius 3 is 2.45 bits per heavy atom. The van der Waals surface area contributed by atoms with Crippen LogP contribution in [0.1, 0.15) is 35.3 Å². The van der Waals surface area contributed by atoms with E-state index in [1.54, 1.807) is 24.3 Å². The van der Waals surface area contributed by atoms with Crippen molar-refractivity contribution in [1.82, 2.24) is 9.80 Å². The number of amides is 1. The minimum atomic E-state index is -0.498. The van der Waals surface area contributed by atoms with E-state index in [2.05, 4.69) is 11.8 Å². The number of carbonyl (C=O) groups excluding carboxylic acids is 2. The zero-order chi connectivity index (χ0) is 22.5. The van der Waals surface area contributed by atoms with Gasteiger partial charge in [0, 0.05) is 31.7 Å². The summed E-state index contributed by atoms with van der Waals surface area (Å²) >= 11 is 0. The van der Waals surface area contributed by atoms with Crippen LogP contribution < -0.4 is 4.74 Å². The Hall–Kier alpha value is -2.93. The molecule has 3 rings (SSSR count). The van der Waals surface area contributed by atoms with Crippen molar-refractivity contribution in [2.75, 3.05) is 26.8 Å². The number of hydrogen-bond donors (Lipinski definition) is 0. The number of nitrogens with zero attached hydrogens (tertiary/aromatic N) is 2. The maximum atomic E-state index is 13.2. The van der Waals surface area contributed by atoms with Crippen LogP contribution in [0.25, 0.3) is 0 Å². The molecule has 2 unspecified atom stereocenters. The molecule has 31 heavy (non-hydrogen) atoms. The quantitative estimate of drug-likeness (QED) is 0.660. The van der Waals surface area contributed by atoms with Crippen LogP contribution >= 0.6 is 0 Å². The molecule has 0 radical (unpaired) electrons. The molecule has 0 N–H and O–H groups in total. The van der Waals surface area contributed by atoms with E-state index in [0.717, 1.165) is 11.1 Å². The van der Waals surface area contributed by atoms with Gasteiger partial charge in [0.2, 0.25) is 0 Å². The van der Waals surface area contributed by atoms with Crippen LogP contribution in [0.2, 0.25) is 0 Å². The molecule has 7 heteroatoms. The number of methoxy groups -OCH3 is 1. The minimum absolute atomic E-state index is 0.00541. The van der Waals surface area contributed by atoms with Gasteiger partial charge in [-0.1, -0.05) is 23.8 Å². The normalized spacial score (nSPS) is 19.2. The molecule has 0 bridgehead atoms. The van der Waals surface area contributed by atoms with Crippen molar-refractivity contribution >= 4 is 11.9 Å². The van der Waals surface area contributed by atoms with E-state index in [1.807, 2.05) is 24.8 Å². The Kier molecular flexibility index (Phi) is 7.28. The fraction of sp³-hybridized carbons (Fsp3) is 0.417. The van der Waals surface area contributed by atoms with Crippen LogP contribution in [0.4, 0.5) is 4.39 Å². The van der Waals surface area contributed by atoms with Crippen molar-refractivity contribution in [1.29, 1.82) is 0 Å². The van der Waals surface area contributed by atoms with Crippen LogP contribution in [0, 0.1) is 12.7 Å². The van der Waals surface area contributed by atoms with Gasteiger partial charge < -0.3 is 14.4 Å². The third kappa shape index (κ3) is 5.61. The van der Waals surface area contributed by atoms with Gasteiger partial charge >= 0.3 is 5.97 Å². The molecular formula is C24H29FN2O4. The average Bonchev–Trinajstić information content (AvgIpc) is 2.75. The number of hydrogen-bond acceptors (Lipinski definition) is 5. The van der Waals surface area contributed by atoms with E-state index >= 15 is 0 Å². The second kappa shape index (κ2) is 9.92. The molecule has 1 amide bonds. The first kappa shape index (κ1) is 22.7. The van der Waals surface area contributed by atoms with E-state index in [4.69, 9.17) is 9.47 Å². The van der Waals surface area contributed by atoms with Gasteiger partial charge in [-0.05, 0) is 50.6 Å². The molecule has 0 aromatic heterocycles. The molecule has 1 aliphatic rings. The average molecular weight is 429 g/mol. The molecule has 0 spiro atoms. The standard InChI is InChI=1S/C24H29FN2O4/c1-16-5-10-22(21(11-16)24(29)30-4)31-15-23(28)27-13-17(2)26(12-18(27)3)14-19-6-8-20(25)9-7-19/h5-11,17-18H,12-15H2,1-4H3. The predicted octanol–water partition coefficient (Wildman–Crippen LogP) is 3.42. The summed E-state index contributed by atoms with van der Waals surface area (Å²) in [5.41, 5.74) is 2.25. The van der Waals surface area contributed by atoms with E-state index in [1.165, 1.54) is 19.2 Å². The van der Waals surface area contributed by atoms with E-state index in [0.29, 0.717) is 30.9 Å². The number of piperazine rings is 1. The lowest BCUT2D eigenvalue weighted by Gasteiger charge is -2.44. The predicted molar refractivity (Wildman–Crippen MR) is 115 cm³/mol. The first-order valence-electron chi connectivity index (χ1n) is 10.4. The fourth-order valence-corrected chi connectivity index (χ4v) is 3.85. The zero-order valence-electron chi connectivity index (χ0n) is 18.4. The first-order chi connectivity index (χ1) is 14.8. The molecule has 2 aromatic rings. The number of esters is 1. The molecule has 166 valence electrons. The van der Waals surface area contributed by atoms with Crippen LogP contribution in [-0.4, -0.2) is 60.6 Å². The van der Waals surface area contributed by atoms with Gasteiger partial charge in [-0.2, -0.15) is 0 Å². The third-order valence-corrected chi connectivity index (χ3v) is 5.63. The number of halogens is 1. The van der Waals surface area contributed by atoms with Crippen LogP contribution in [-0.2, 0) is 16.1 Å². The van der Waals surface area contributed by atoms with E-state index in [-0.39, 0.29) is 30.4 Å². The third-order valence-electron chi connectivity index (χ3n) is 5.63. The van der Waals surface area contributed by atoms with Crippen LogP contribution in [0.15, 0.2) is 42.5 Å². The summed E-state index contributed by atoms with van der Waals surface area (Å²) < 4.78 is 23.7. The molecule has 6 nitrogen and oxygen atoms in total. The summed E-state index contributed by atoms with van der Waals surface area (Å²) in [6, 6.07) is 11.9. The van der Waals surface area contributed by atoms with Crippen molar-refractivity contribution in [3.05, 3.63) is 65.0 Å². The topological polar surface area (TPSA) is 59.1 Å². The molecule has 1 heterocycles. The van der Waals surface area contributed by atoms with Gasteiger partial charge in [0.1, 0.15) is 17.1 Å². The van der Waals surface area contributed by atoms with Crippen molar-refractivity contribution in [3.8, 4) is 5.75 Å². The second-order valence-electron chi connectivity index (χ2n) is 8.08. The largest absolute Gasteiger partial charge is 0.483 e. The highest BCUT2D eigenvalue weighted by Crippen LogP contribution is 2.22. The molecule has 1 saturated heterocycles. The minimum Gasteiger partial charge on any atom is -0.483 e. The summed E-state index contributed by atoms with van der Waals surface area (Å²) in [4.78, 5) is 29.0.